The number of benzene rings is 1. The van der Waals surface area contributed by atoms with Gasteiger partial charge in [-0.25, -0.2) is 9.18 Å². The number of hydrogen-bond acceptors (Lipinski definition) is 4. The first-order valence-corrected chi connectivity index (χ1v) is 8.19. The van der Waals surface area contributed by atoms with E-state index < -0.39 is 11.7 Å². The number of H-pyrrole nitrogens is 1. The molecule has 0 aliphatic carbocycles. The van der Waals surface area contributed by atoms with E-state index in [9.17, 15) is 14.0 Å². The highest BCUT2D eigenvalue weighted by atomic mass is 19.1. The van der Waals surface area contributed by atoms with Gasteiger partial charge in [-0.05, 0) is 52.0 Å². The first kappa shape index (κ1) is 19.5. The summed E-state index contributed by atoms with van der Waals surface area (Å²) < 4.78 is 23.7. The highest BCUT2D eigenvalue weighted by molar-refractivity contribution is 5.80. The standard InChI is InChI=1S/C19H23FN2O4/c1-12-7-14-8-15(5-6-16(14)22-17(12)23)25-11-13(9-20)10-21-18(24)26-19(2,3)4/h5-9H,10-11H2,1-4H3,(H,21,24)(H,22,23)/b13-9+. The van der Waals surface area contributed by atoms with Gasteiger partial charge in [-0.15, -0.1) is 0 Å². The van der Waals surface area contributed by atoms with Crippen molar-refractivity contribution >= 4 is 17.0 Å². The normalized spacial score (nSPS) is 12.1. The lowest BCUT2D eigenvalue weighted by molar-refractivity contribution is 0.0531. The first-order valence-electron chi connectivity index (χ1n) is 8.19. The Kier molecular flexibility index (Phi) is 6.02. The minimum absolute atomic E-state index is 0.0224. The number of aromatic nitrogens is 1. The van der Waals surface area contributed by atoms with Crippen LogP contribution in [0.3, 0.4) is 0 Å². The third-order valence-corrected chi connectivity index (χ3v) is 3.44. The number of carbonyl (C=O) groups is 1. The molecular formula is C19H23FN2O4. The minimum Gasteiger partial charge on any atom is -0.489 e. The minimum atomic E-state index is -0.623. The van der Waals surface area contributed by atoms with Crippen molar-refractivity contribution in [2.45, 2.75) is 33.3 Å². The Hall–Kier alpha value is -2.83. The molecule has 1 aromatic carbocycles. The van der Waals surface area contributed by atoms with Gasteiger partial charge in [0, 0.05) is 28.6 Å². The monoisotopic (exact) mass is 362 g/mol. The second-order valence-electron chi connectivity index (χ2n) is 6.94. The summed E-state index contributed by atoms with van der Waals surface area (Å²) >= 11 is 0. The zero-order chi connectivity index (χ0) is 19.3. The van der Waals surface area contributed by atoms with Crippen molar-refractivity contribution in [3.8, 4) is 5.75 Å². The van der Waals surface area contributed by atoms with E-state index >= 15 is 0 Å². The zero-order valence-electron chi connectivity index (χ0n) is 15.3. The number of rotatable bonds is 5. The van der Waals surface area contributed by atoms with Gasteiger partial charge in [-0.2, -0.15) is 0 Å². The van der Waals surface area contributed by atoms with Crippen molar-refractivity contribution in [1.29, 1.82) is 0 Å². The summed E-state index contributed by atoms with van der Waals surface area (Å²) in [6.07, 6.45) is -0.220. The van der Waals surface area contributed by atoms with Gasteiger partial charge in [-0.1, -0.05) is 0 Å². The molecule has 26 heavy (non-hydrogen) atoms. The summed E-state index contributed by atoms with van der Waals surface area (Å²) in [7, 11) is 0. The molecule has 0 aliphatic rings. The maximum atomic E-state index is 13.0. The number of fused-ring (bicyclic) bond motifs is 1. The summed E-state index contributed by atoms with van der Waals surface area (Å²) in [6, 6.07) is 6.93. The zero-order valence-corrected chi connectivity index (χ0v) is 15.3. The molecule has 0 saturated carbocycles. The summed E-state index contributed by atoms with van der Waals surface area (Å²) in [5.74, 6) is 0.528. The summed E-state index contributed by atoms with van der Waals surface area (Å²) in [6.45, 7) is 6.91. The molecule has 1 heterocycles. The number of ether oxygens (including phenoxy) is 2. The van der Waals surface area contributed by atoms with Crippen LogP contribution in [0, 0.1) is 6.92 Å². The highest BCUT2D eigenvalue weighted by Crippen LogP contribution is 2.19. The molecule has 0 bridgehead atoms. The molecule has 0 radical (unpaired) electrons. The number of pyridine rings is 1. The maximum Gasteiger partial charge on any atom is 0.407 e. The van der Waals surface area contributed by atoms with Gasteiger partial charge in [0.15, 0.2) is 0 Å². The molecule has 7 heteroatoms. The second-order valence-corrected chi connectivity index (χ2v) is 6.94. The fourth-order valence-corrected chi connectivity index (χ4v) is 2.18. The van der Waals surface area contributed by atoms with Crippen LogP contribution in [0.25, 0.3) is 10.9 Å². The fraction of sp³-hybridized carbons (Fsp3) is 0.368. The fourth-order valence-electron chi connectivity index (χ4n) is 2.18. The quantitative estimate of drug-likeness (QED) is 0.852. The topological polar surface area (TPSA) is 80.4 Å². The van der Waals surface area contributed by atoms with Crippen LogP contribution in [-0.2, 0) is 4.74 Å². The summed E-state index contributed by atoms with van der Waals surface area (Å²) in [5.41, 5.74) is 0.793. The predicted octanol–water partition coefficient (Wildman–Crippen LogP) is 3.59. The number of hydrogen-bond donors (Lipinski definition) is 2. The molecule has 140 valence electrons. The van der Waals surface area contributed by atoms with E-state index in [2.05, 4.69) is 10.3 Å². The molecule has 0 unspecified atom stereocenters. The van der Waals surface area contributed by atoms with E-state index in [1.165, 1.54) is 0 Å². The van der Waals surface area contributed by atoms with Crippen molar-refractivity contribution in [1.82, 2.24) is 10.3 Å². The summed E-state index contributed by atoms with van der Waals surface area (Å²) in [4.78, 5) is 26.0. The smallest absolute Gasteiger partial charge is 0.407 e. The SMILES string of the molecule is Cc1cc2cc(OC/C(=C/F)CNC(=O)OC(C)(C)C)ccc2[nH]c1=O. The number of carbonyl (C=O) groups excluding carboxylic acids is 1. The van der Waals surface area contributed by atoms with E-state index in [1.807, 2.05) is 0 Å². The second kappa shape index (κ2) is 8.03. The lowest BCUT2D eigenvalue weighted by Crippen LogP contribution is -2.34. The van der Waals surface area contributed by atoms with Crippen LogP contribution in [0.4, 0.5) is 9.18 Å². The Morgan fingerprint density at radius 2 is 2.04 bits per heavy atom. The Morgan fingerprint density at radius 1 is 1.31 bits per heavy atom. The van der Waals surface area contributed by atoms with E-state index in [-0.39, 0.29) is 24.3 Å². The molecule has 2 aromatic rings. The lowest BCUT2D eigenvalue weighted by atomic mass is 10.1. The molecule has 2 N–H and O–H groups in total. The van der Waals surface area contributed by atoms with Crippen molar-refractivity contribution in [2.24, 2.45) is 0 Å². The van der Waals surface area contributed by atoms with E-state index in [4.69, 9.17) is 9.47 Å². The molecule has 0 fully saturated rings. The van der Waals surface area contributed by atoms with Gasteiger partial charge in [0.05, 0.1) is 6.33 Å². The van der Waals surface area contributed by atoms with Gasteiger partial charge in [0.2, 0.25) is 0 Å². The van der Waals surface area contributed by atoms with E-state index in [0.29, 0.717) is 23.2 Å². The number of amides is 1. The van der Waals surface area contributed by atoms with Crippen molar-refractivity contribution in [3.05, 3.63) is 52.1 Å². The number of nitrogens with one attached hydrogen (secondary N) is 2. The molecule has 0 saturated heterocycles. The molecule has 6 nitrogen and oxygen atoms in total. The van der Waals surface area contributed by atoms with Gasteiger partial charge in [-0.3, -0.25) is 4.79 Å². The largest absolute Gasteiger partial charge is 0.489 e. The van der Waals surface area contributed by atoms with Crippen molar-refractivity contribution < 1.29 is 18.7 Å². The van der Waals surface area contributed by atoms with Crippen LogP contribution < -0.4 is 15.6 Å². The average molecular weight is 362 g/mol. The molecule has 1 aromatic heterocycles. The maximum absolute atomic E-state index is 13.0. The number of aryl methyl sites for hydroxylation is 1. The van der Waals surface area contributed by atoms with Crippen molar-refractivity contribution in [2.75, 3.05) is 13.2 Å². The Labute approximate surface area is 151 Å². The first-order chi connectivity index (χ1) is 12.2. The van der Waals surface area contributed by atoms with Crippen LogP contribution in [-0.4, -0.2) is 29.8 Å². The lowest BCUT2D eigenvalue weighted by Gasteiger charge is -2.20. The molecule has 0 atom stereocenters. The van der Waals surface area contributed by atoms with Crippen LogP contribution in [0.5, 0.6) is 5.75 Å². The van der Waals surface area contributed by atoms with Gasteiger partial charge >= 0.3 is 6.09 Å². The van der Waals surface area contributed by atoms with Crippen LogP contribution in [0.1, 0.15) is 26.3 Å². The highest BCUT2D eigenvalue weighted by Gasteiger charge is 2.16. The van der Waals surface area contributed by atoms with E-state index in [1.54, 1.807) is 52.0 Å². The Bertz CT molecular complexity index is 881. The molecule has 0 aliphatic heterocycles. The average Bonchev–Trinajstić information content (AvgIpc) is 2.54. The molecule has 1 amide bonds. The predicted molar refractivity (Wildman–Crippen MR) is 98.2 cm³/mol. The number of alkyl carbamates (subject to hydrolysis) is 1. The Morgan fingerprint density at radius 3 is 2.69 bits per heavy atom. The van der Waals surface area contributed by atoms with Crippen LogP contribution in [0.15, 0.2) is 41.0 Å². The molecule has 0 spiro atoms. The van der Waals surface area contributed by atoms with Gasteiger partial charge in [0.1, 0.15) is 18.0 Å². The van der Waals surface area contributed by atoms with Crippen molar-refractivity contribution in [3.63, 3.8) is 0 Å². The van der Waals surface area contributed by atoms with Gasteiger partial charge in [0.25, 0.3) is 5.56 Å². The molecular weight excluding hydrogens is 339 g/mol. The third-order valence-electron chi connectivity index (χ3n) is 3.44. The number of halogens is 1. The van der Waals surface area contributed by atoms with Crippen LogP contribution in [0.2, 0.25) is 0 Å². The summed E-state index contributed by atoms with van der Waals surface area (Å²) in [5, 5.41) is 3.30. The molecule has 2 rings (SSSR count). The number of aromatic amines is 1. The van der Waals surface area contributed by atoms with E-state index in [0.717, 1.165) is 5.39 Å². The van der Waals surface area contributed by atoms with Gasteiger partial charge < -0.3 is 19.8 Å². The van der Waals surface area contributed by atoms with Crippen LogP contribution >= 0.6 is 0 Å². The Balaban J connectivity index is 1.96. The third kappa shape index (κ3) is 5.61.